The Morgan fingerprint density at radius 2 is 2.05 bits per heavy atom. The summed E-state index contributed by atoms with van der Waals surface area (Å²) in [6, 6.07) is 4.19. The number of carbonyl (C=O) groups excluding carboxylic acids is 2. The van der Waals surface area contributed by atoms with E-state index in [2.05, 4.69) is 20.7 Å². The Bertz CT molecular complexity index is 1540. The molecule has 0 bridgehead atoms. The van der Waals surface area contributed by atoms with Gasteiger partial charge < -0.3 is 29.8 Å². The highest BCUT2D eigenvalue weighted by atomic mass is 19.1. The normalized spacial score (nSPS) is 18.9. The minimum Gasteiger partial charge on any atom is -0.443 e. The van der Waals surface area contributed by atoms with E-state index in [1.54, 1.807) is 32.9 Å². The highest BCUT2D eigenvalue weighted by Gasteiger charge is 2.43. The van der Waals surface area contributed by atoms with Gasteiger partial charge in [-0.25, -0.2) is 14.2 Å². The summed E-state index contributed by atoms with van der Waals surface area (Å²) in [6.07, 6.45) is 3.24. The summed E-state index contributed by atoms with van der Waals surface area (Å²) in [5.41, 5.74) is -0.900. The van der Waals surface area contributed by atoms with Gasteiger partial charge in [0.25, 0.3) is 11.5 Å². The van der Waals surface area contributed by atoms with Crippen LogP contribution < -0.4 is 21.1 Å². The van der Waals surface area contributed by atoms with E-state index in [0.717, 1.165) is 12.8 Å². The summed E-state index contributed by atoms with van der Waals surface area (Å²) in [5, 5.41) is 19.2. The Labute approximate surface area is 241 Å². The van der Waals surface area contributed by atoms with Crippen molar-refractivity contribution in [1.29, 1.82) is 0 Å². The molecule has 3 aromatic heterocycles. The summed E-state index contributed by atoms with van der Waals surface area (Å²) in [4.78, 5) is 45.2. The van der Waals surface area contributed by atoms with Crippen LogP contribution in [0.3, 0.4) is 0 Å². The highest BCUT2D eigenvalue weighted by molar-refractivity contribution is 6.00. The zero-order valence-corrected chi connectivity index (χ0v) is 24.1. The van der Waals surface area contributed by atoms with Gasteiger partial charge in [-0.1, -0.05) is 0 Å². The third kappa shape index (κ3) is 6.39. The summed E-state index contributed by atoms with van der Waals surface area (Å²) >= 11 is 0. The zero-order chi connectivity index (χ0) is 30.2. The third-order valence-electron chi connectivity index (χ3n) is 7.21. The Kier molecular flexibility index (Phi) is 7.94. The lowest BCUT2D eigenvalue weighted by Crippen LogP contribution is -2.35. The number of alkyl halides is 1. The zero-order valence-electron chi connectivity index (χ0n) is 24.1. The van der Waals surface area contributed by atoms with Gasteiger partial charge in [0.2, 0.25) is 0 Å². The van der Waals surface area contributed by atoms with Crippen LogP contribution in [0.15, 0.2) is 35.4 Å². The van der Waals surface area contributed by atoms with Crippen LogP contribution >= 0.6 is 0 Å². The number of nitrogens with one attached hydrogen (secondary N) is 2. The molecule has 3 aromatic rings. The maximum Gasteiger partial charge on any atom is 0.415 e. The quantitative estimate of drug-likeness (QED) is 0.289. The van der Waals surface area contributed by atoms with Crippen molar-refractivity contribution in [3.8, 4) is 0 Å². The number of aliphatic hydroxyl groups is 1. The summed E-state index contributed by atoms with van der Waals surface area (Å²) in [7, 11) is 1.50. The lowest BCUT2D eigenvalue weighted by Gasteiger charge is -2.25. The monoisotopic (exact) mass is 585 g/mol. The van der Waals surface area contributed by atoms with Crippen molar-refractivity contribution in [3.05, 3.63) is 46.5 Å². The van der Waals surface area contributed by atoms with E-state index in [1.807, 2.05) is 0 Å². The maximum absolute atomic E-state index is 13.7. The molecular formula is C28H36FN7O6. The van der Waals surface area contributed by atoms with E-state index in [9.17, 15) is 18.8 Å². The number of aromatic nitrogens is 4. The fourth-order valence-electron chi connectivity index (χ4n) is 4.54. The van der Waals surface area contributed by atoms with Crippen LogP contribution in [0.1, 0.15) is 56.4 Å². The van der Waals surface area contributed by atoms with Crippen LogP contribution in [0, 0.1) is 5.41 Å². The van der Waals surface area contributed by atoms with E-state index in [-0.39, 0.29) is 53.6 Å². The van der Waals surface area contributed by atoms with E-state index in [1.165, 1.54) is 39.5 Å². The first-order valence-corrected chi connectivity index (χ1v) is 13.9. The van der Waals surface area contributed by atoms with Crippen LogP contribution in [0.5, 0.6) is 0 Å². The van der Waals surface area contributed by atoms with Gasteiger partial charge in [0.05, 0.1) is 32.1 Å². The molecular weight excluding hydrogens is 549 g/mol. The van der Waals surface area contributed by atoms with Gasteiger partial charge in [-0.15, -0.1) is 0 Å². The van der Waals surface area contributed by atoms with Crippen LogP contribution in [-0.4, -0.2) is 81.5 Å². The molecule has 2 atom stereocenters. The second-order valence-electron chi connectivity index (χ2n) is 11.9. The van der Waals surface area contributed by atoms with Crippen molar-refractivity contribution in [1.82, 2.24) is 24.5 Å². The molecule has 3 heterocycles. The first-order chi connectivity index (χ1) is 19.9. The Balaban J connectivity index is 1.47. The van der Waals surface area contributed by atoms with Gasteiger partial charge in [0.1, 0.15) is 34.7 Å². The van der Waals surface area contributed by atoms with Crippen LogP contribution in [0.2, 0.25) is 0 Å². The first kappa shape index (κ1) is 29.5. The lowest BCUT2D eigenvalue weighted by atomic mass is 10.1. The van der Waals surface area contributed by atoms with Gasteiger partial charge in [-0.3, -0.25) is 14.5 Å². The molecule has 13 nitrogen and oxygen atoms in total. The number of pyridine rings is 1. The smallest absolute Gasteiger partial charge is 0.415 e. The molecule has 2 amide bonds. The molecule has 2 aliphatic rings. The van der Waals surface area contributed by atoms with Gasteiger partial charge in [0.15, 0.2) is 5.65 Å². The average molecular weight is 586 g/mol. The fraction of sp³-hybridized carbons (Fsp3) is 0.536. The minimum atomic E-state index is -1.06. The lowest BCUT2D eigenvalue weighted by molar-refractivity contribution is 0.0587. The largest absolute Gasteiger partial charge is 0.443 e. The molecule has 0 spiro atoms. The second kappa shape index (κ2) is 11.3. The first-order valence-electron chi connectivity index (χ1n) is 13.9. The number of rotatable bonds is 11. The van der Waals surface area contributed by atoms with E-state index in [0.29, 0.717) is 13.2 Å². The average Bonchev–Trinajstić information content (AvgIpc) is 3.83. The number of fused-ring (bicyclic) bond motifs is 1. The second-order valence-corrected chi connectivity index (χ2v) is 11.9. The Morgan fingerprint density at radius 3 is 2.69 bits per heavy atom. The molecule has 2 aliphatic carbocycles. The number of amides is 2. The topological polar surface area (TPSA) is 152 Å². The molecule has 0 aromatic carbocycles. The molecule has 14 heteroatoms. The number of hydrogen-bond acceptors (Lipinski definition) is 9. The Hall–Kier alpha value is -4.04. The number of ether oxygens (including phenoxy) is 2. The predicted octanol–water partition coefficient (Wildman–Crippen LogP) is 2.81. The summed E-state index contributed by atoms with van der Waals surface area (Å²) in [6.45, 7) is 6.20. The molecule has 0 saturated heterocycles. The van der Waals surface area contributed by atoms with Gasteiger partial charge in [-0.05, 0) is 45.7 Å². The fourth-order valence-corrected chi connectivity index (χ4v) is 4.54. The predicted molar refractivity (Wildman–Crippen MR) is 152 cm³/mol. The molecule has 226 valence electrons. The van der Waals surface area contributed by atoms with E-state index >= 15 is 0 Å². The highest BCUT2D eigenvalue weighted by Crippen LogP contribution is 2.45. The van der Waals surface area contributed by atoms with Crippen molar-refractivity contribution in [2.24, 2.45) is 5.41 Å². The number of anilines is 3. The van der Waals surface area contributed by atoms with Crippen LogP contribution in [0.4, 0.5) is 26.5 Å². The minimum absolute atomic E-state index is 0.0687. The van der Waals surface area contributed by atoms with Crippen molar-refractivity contribution in [2.45, 2.75) is 57.8 Å². The molecule has 0 radical (unpaired) electrons. The number of nitrogens with zero attached hydrogens (tertiary/aromatic N) is 5. The van der Waals surface area contributed by atoms with Crippen molar-refractivity contribution < 1.29 is 28.6 Å². The Morgan fingerprint density at radius 1 is 1.31 bits per heavy atom. The maximum atomic E-state index is 13.7. The van der Waals surface area contributed by atoms with Crippen LogP contribution in [0.25, 0.3) is 5.65 Å². The molecule has 3 N–H and O–H groups in total. The number of aliphatic hydroxyl groups excluding tert-OH is 1. The van der Waals surface area contributed by atoms with Crippen molar-refractivity contribution in [3.63, 3.8) is 0 Å². The van der Waals surface area contributed by atoms with Gasteiger partial charge in [-0.2, -0.15) is 9.61 Å². The standard InChI is InChI=1S/C28H36FN7O6/c1-27(2,3)42-26(40)34(4)22-13-21(32-19-6-5-9-35(25(19)39)20-12-18(20)29)33-23-17(14-31-36(22)23)24(38)30-15-28(7-8-28)16-41-11-10-37/h5-6,9,13-14,18,20,37H,7-8,10-12,15-16H2,1-4H3,(H,30,38)(H,32,33)/t18-,20?/m0/s1. The van der Waals surface area contributed by atoms with E-state index in [4.69, 9.17) is 14.6 Å². The number of halogens is 1. The van der Waals surface area contributed by atoms with Crippen LogP contribution in [-0.2, 0) is 9.47 Å². The van der Waals surface area contributed by atoms with Gasteiger partial charge >= 0.3 is 6.09 Å². The third-order valence-corrected chi connectivity index (χ3v) is 7.21. The van der Waals surface area contributed by atoms with E-state index < -0.39 is 35.4 Å². The SMILES string of the molecule is CN(C(=O)OC(C)(C)C)c1cc(Nc2cccn(C3C[C@@H]3F)c2=O)nc2c(C(=O)NCC3(COCCO)CC3)cnn12. The number of carbonyl (C=O) groups is 2. The number of hydrogen-bond donors (Lipinski definition) is 3. The molecule has 5 rings (SSSR count). The molecule has 2 fully saturated rings. The molecule has 1 unspecified atom stereocenters. The summed E-state index contributed by atoms with van der Waals surface area (Å²) < 4.78 is 27.4. The van der Waals surface area contributed by atoms with Crippen molar-refractivity contribution in [2.75, 3.05) is 43.6 Å². The molecule has 42 heavy (non-hydrogen) atoms. The van der Waals surface area contributed by atoms with Gasteiger partial charge in [0, 0.05) is 37.7 Å². The molecule has 0 aliphatic heterocycles. The molecule has 2 saturated carbocycles. The summed E-state index contributed by atoms with van der Waals surface area (Å²) in [5.74, 6) is -0.0196. The van der Waals surface area contributed by atoms with Crippen molar-refractivity contribution >= 4 is 35.0 Å².